The van der Waals surface area contributed by atoms with Crippen LogP contribution in [0.3, 0.4) is 0 Å². The summed E-state index contributed by atoms with van der Waals surface area (Å²) in [6.07, 6.45) is -2.38. The molecule has 0 radical (unpaired) electrons. The normalized spacial score (nSPS) is 10.7. The molecule has 6 nitrogen and oxygen atoms in total. The number of alkyl halides is 2. The fourth-order valence-corrected chi connectivity index (χ4v) is 1.13. The minimum Gasteiger partial charge on any atom is -0.501 e. The summed E-state index contributed by atoms with van der Waals surface area (Å²) in [6.45, 7) is -0.360. The first kappa shape index (κ1) is 11.2. The van der Waals surface area contributed by atoms with E-state index in [0.29, 0.717) is 0 Å². The Labute approximate surface area is 82.5 Å². The minimum absolute atomic E-state index is 0.297. The third-order valence-electron chi connectivity index (χ3n) is 1.75. The summed E-state index contributed by atoms with van der Waals surface area (Å²) in [4.78, 5) is 12.8. The van der Waals surface area contributed by atoms with E-state index in [4.69, 9.17) is 10.8 Å². The van der Waals surface area contributed by atoms with E-state index in [0.717, 1.165) is 6.20 Å². The summed E-state index contributed by atoms with van der Waals surface area (Å²) in [5.41, 5.74) is 2.84. The second-order valence-corrected chi connectivity index (χ2v) is 2.61. The van der Waals surface area contributed by atoms with Crippen LogP contribution in [-0.4, -0.2) is 15.0 Å². The standard InChI is InChI=1S/C7H7F2N3O3/c8-7(9)5-3(1-10)11-2-4(13)6(5)12(14)15/h2,7,13H,1,10H2. The highest BCUT2D eigenvalue weighted by molar-refractivity contribution is 5.53. The van der Waals surface area contributed by atoms with Gasteiger partial charge >= 0.3 is 5.69 Å². The SMILES string of the molecule is NCc1ncc(O)c([N+](=O)[O-])c1C(F)F. The molecule has 0 unspecified atom stereocenters. The maximum atomic E-state index is 12.5. The Bertz CT molecular complexity index is 397. The molecule has 1 rings (SSSR count). The zero-order valence-electron chi connectivity index (χ0n) is 7.35. The van der Waals surface area contributed by atoms with Gasteiger partial charge in [-0.25, -0.2) is 8.78 Å². The van der Waals surface area contributed by atoms with Gasteiger partial charge in [-0.1, -0.05) is 0 Å². The lowest BCUT2D eigenvalue weighted by Crippen LogP contribution is -2.08. The smallest absolute Gasteiger partial charge is 0.323 e. The zero-order chi connectivity index (χ0) is 11.6. The van der Waals surface area contributed by atoms with Gasteiger partial charge in [0.25, 0.3) is 6.43 Å². The molecular weight excluding hydrogens is 212 g/mol. The van der Waals surface area contributed by atoms with E-state index in [-0.39, 0.29) is 12.2 Å². The summed E-state index contributed by atoms with van der Waals surface area (Å²) in [6, 6.07) is 0. The van der Waals surface area contributed by atoms with Crippen LogP contribution in [0.5, 0.6) is 5.75 Å². The number of halogens is 2. The molecule has 1 aromatic rings. The lowest BCUT2D eigenvalue weighted by molar-refractivity contribution is -0.387. The van der Waals surface area contributed by atoms with E-state index in [1.54, 1.807) is 0 Å². The number of nitrogens with two attached hydrogens (primary N) is 1. The van der Waals surface area contributed by atoms with Gasteiger partial charge in [-0.3, -0.25) is 15.1 Å². The van der Waals surface area contributed by atoms with Crippen molar-refractivity contribution in [1.29, 1.82) is 0 Å². The lowest BCUT2D eigenvalue weighted by atomic mass is 10.1. The number of aromatic nitrogens is 1. The van der Waals surface area contributed by atoms with Gasteiger partial charge in [0.15, 0.2) is 0 Å². The molecule has 0 aliphatic rings. The summed E-state index contributed by atoms with van der Waals surface area (Å²) in [5, 5.41) is 19.5. The number of pyridine rings is 1. The number of hydrogen-bond donors (Lipinski definition) is 2. The van der Waals surface area contributed by atoms with Gasteiger partial charge in [-0.05, 0) is 0 Å². The minimum atomic E-state index is -3.11. The van der Waals surface area contributed by atoms with Gasteiger partial charge < -0.3 is 10.8 Å². The van der Waals surface area contributed by atoms with Crippen LogP contribution in [0.1, 0.15) is 17.7 Å². The Kier molecular flexibility index (Phi) is 3.10. The first-order valence-corrected chi connectivity index (χ1v) is 3.82. The van der Waals surface area contributed by atoms with Crippen LogP contribution in [0.4, 0.5) is 14.5 Å². The van der Waals surface area contributed by atoms with E-state index >= 15 is 0 Å². The van der Waals surface area contributed by atoms with Crippen LogP contribution in [-0.2, 0) is 6.54 Å². The van der Waals surface area contributed by atoms with E-state index in [1.165, 1.54) is 0 Å². The van der Waals surface area contributed by atoms with Crippen molar-refractivity contribution in [2.75, 3.05) is 0 Å². The first-order chi connectivity index (χ1) is 6.99. The maximum Gasteiger partial charge on any atom is 0.323 e. The third kappa shape index (κ3) is 1.99. The maximum absolute atomic E-state index is 12.5. The highest BCUT2D eigenvalue weighted by atomic mass is 19.3. The van der Waals surface area contributed by atoms with Crippen molar-refractivity contribution in [1.82, 2.24) is 4.98 Å². The first-order valence-electron chi connectivity index (χ1n) is 3.82. The second-order valence-electron chi connectivity index (χ2n) is 2.61. The molecule has 0 spiro atoms. The van der Waals surface area contributed by atoms with Gasteiger partial charge in [-0.2, -0.15) is 0 Å². The Morgan fingerprint density at radius 1 is 1.67 bits per heavy atom. The monoisotopic (exact) mass is 219 g/mol. The van der Waals surface area contributed by atoms with Crippen molar-refractivity contribution in [3.05, 3.63) is 27.6 Å². The number of nitrogens with zero attached hydrogens (tertiary/aromatic N) is 2. The molecule has 0 aliphatic heterocycles. The molecule has 82 valence electrons. The van der Waals surface area contributed by atoms with Crippen molar-refractivity contribution >= 4 is 5.69 Å². The second kappa shape index (κ2) is 4.13. The number of hydrogen-bond acceptors (Lipinski definition) is 5. The molecule has 1 heterocycles. The van der Waals surface area contributed by atoms with Gasteiger partial charge in [0.1, 0.15) is 5.56 Å². The Hall–Kier alpha value is -1.83. The molecule has 0 amide bonds. The number of rotatable bonds is 3. The molecule has 0 atom stereocenters. The largest absolute Gasteiger partial charge is 0.501 e. The van der Waals surface area contributed by atoms with E-state index in [2.05, 4.69) is 4.98 Å². The fraction of sp³-hybridized carbons (Fsp3) is 0.286. The predicted molar refractivity (Wildman–Crippen MR) is 45.4 cm³/mol. The predicted octanol–water partition coefficient (Wildman–Crippen LogP) is 1.09. The van der Waals surface area contributed by atoms with Crippen LogP contribution in [0.2, 0.25) is 0 Å². The van der Waals surface area contributed by atoms with Crippen LogP contribution in [0.25, 0.3) is 0 Å². The van der Waals surface area contributed by atoms with Crippen LogP contribution >= 0.6 is 0 Å². The molecule has 0 saturated carbocycles. The van der Waals surface area contributed by atoms with Crippen molar-refractivity contribution in [2.24, 2.45) is 5.73 Å². The van der Waals surface area contributed by atoms with E-state index in [9.17, 15) is 18.9 Å². The molecule has 1 aromatic heterocycles. The summed E-state index contributed by atoms with van der Waals surface area (Å²) in [7, 11) is 0. The average molecular weight is 219 g/mol. The zero-order valence-corrected chi connectivity index (χ0v) is 7.35. The van der Waals surface area contributed by atoms with Crippen LogP contribution < -0.4 is 5.73 Å². The van der Waals surface area contributed by atoms with Crippen molar-refractivity contribution < 1.29 is 18.8 Å². The number of aromatic hydroxyl groups is 1. The van der Waals surface area contributed by atoms with E-state index < -0.39 is 28.3 Å². The van der Waals surface area contributed by atoms with Crippen molar-refractivity contribution in [3.63, 3.8) is 0 Å². The molecule has 0 fully saturated rings. The Morgan fingerprint density at radius 3 is 2.67 bits per heavy atom. The molecule has 0 aliphatic carbocycles. The van der Waals surface area contributed by atoms with E-state index in [1.807, 2.05) is 0 Å². The Balaban J connectivity index is 3.51. The van der Waals surface area contributed by atoms with Crippen LogP contribution in [0, 0.1) is 10.1 Å². The quantitative estimate of drug-likeness (QED) is 0.585. The van der Waals surface area contributed by atoms with Gasteiger partial charge in [0, 0.05) is 6.54 Å². The third-order valence-corrected chi connectivity index (χ3v) is 1.75. The summed E-state index contributed by atoms with van der Waals surface area (Å²) < 4.78 is 25.0. The average Bonchev–Trinajstić information content (AvgIpc) is 2.16. The number of nitro groups is 1. The molecule has 0 aromatic carbocycles. The highest BCUT2D eigenvalue weighted by Gasteiger charge is 2.29. The lowest BCUT2D eigenvalue weighted by Gasteiger charge is -2.07. The molecule has 15 heavy (non-hydrogen) atoms. The summed E-state index contributed by atoms with van der Waals surface area (Å²) >= 11 is 0. The molecule has 8 heteroatoms. The summed E-state index contributed by atoms with van der Waals surface area (Å²) in [5.74, 6) is -0.896. The van der Waals surface area contributed by atoms with Gasteiger partial charge in [-0.15, -0.1) is 0 Å². The Morgan fingerprint density at radius 2 is 2.27 bits per heavy atom. The fourth-order valence-electron chi connectivity index (χ4n) is 1.13. The molecular formula is C7H7F2N3O3. The molecule has 3 N–H and O–H groups in total. The van der Waals surface area contributed by atoms with Crippen molar-refractivity contribution in [3.8, 4) is 5.75 Å². The van der Waals surface area contributed by atoms with Crippen LogP contribution in [0.15, 0.2) is 6.20 Å². The highest BCUT2D eigenvalue weighted by Crippen LogP contribution is 2.36. The van der Waals surface area contributed by atoms with Gasteiger partial charge in [0.2, 0.25) is 5.75 Å². The topological polar surface area (TPSA) is 102 Å². The van der Waals surface area contributed by atoms with Gasteiger partial charge in [0.05, 0.1) is 16.8 Å². The molecule has 0 saturated heterocycles. The molecule has 0 bridgehead atoms. The van der Waals surface area contributed by atoms with Crippen molar-refractivity contribution in [2.45, 2.75) is 13.0 Å².